The van der Waals surface area contributed by atoms with Gasteiger partial charge in [0.2, 0.25) is 0 Å². The molecule has 4 aromatic heterocycles. The molecule has 0 bridgehead atoms. The van der Waals surface area contributed by atoms with E-state index in [9.17, 15) is 0 Å². The highest BCUT2D eigenvalue weighted by Crippen LogP contribution is 2.34. The lowest BCUT2D eigenvalue weighted by atomic mass is 9.81. The highest BCUT2D eigenvalue weighted by molar-refractivity contribution is 5.56. The van der Waals surface area contributed by atoms with Gasteiger partial charge in [0.25, 0.3) is 0 Å². The Morgan fingerprint density at radius 2 is 0.588 bits per heavy atom. The second kappa shape index (κ2) is 16.9. The van der Waals surface area contributed by atoms with Crippen molar-refractivity contribution in [1.82, 2.24) is 61.1 Å². The van der Waals surface area contributed by atoms with E-state index in [1.54, 1.807) is 25.3 Å². The fourth-order valence-electron chi connectivity index (χ4n) is 7.36. The van der Waals surface area contributed by atoms with Crippen molar-refractivity contribution < 1.29 is 0 Å². The van der Waals surface area contributed by atoms with Crippen LogP contribution < -0.4 is 21.3 Å². The first-order chi connectivity index (χ1) is 24.8. The summed E-state index contributed by atoms with van der Waals surface area (Å²) in [6, 6.07) is 0. The summed E-state index contributed by atoms with van der Waals surface area (Å²) < 4.78 is 0. The Morgan fingerprint density at radius 1 is 0.353 bits per heavy atom. The van der Waals surface area contributed by atoms with Crippen LogP contribution in [0.4, 0.5) is 0 Å². The molecule has 4 heterocycles. The molecule has 0 aliphatic rings. The van der Waals surface area contributed by atoms with Gasteiger partial charge in [-0.2, -0.15) is 0 Å². The second-order valence-corrected chi connectivity index (χ2v) is 13.5. The van der Waals surface area contributed by atoms with Gasteiger partial charge in [0.1, 0.15) is 0 Å². The first kappa shape index (κ1) is 35.9. The minimum Gasteiger partial charge on any atom is -0.347 e. The van der Waals surface area contributed by atoms with Gasteiger partial charge < -0.3 is 41.2 Å². The van der Waals surface area contributed by atoms with E-state index in [2.05, 4.69) is 103 Å². The molecule has 0 spiro atoms. The topological polar surface area (TPSA) is 163 Å². The molecule has 0 radical (unpaired) electrons. The summed E-state index contributed by atoms with van der Waals surface area (Å²) in [4.78, 5) is 29.7. The molecule has 0 saturated heterocycles. The number of nitrogens with one attached hydrogen (secondary N) is 8. The largest absolute Gasteiger partial charge is 0.347 e. The van der Waals surface area contributed by atoms with Crippen LogP contribution >= 0.6 is 0 Å². The maximum atomic E-state index is 4.20. The molecule has 51 heavy (non-hydrogen) atoms. The predicted octanol–water partition coefficient (Wildman–Crippen LogP) is 5.18. The standard InChI is InChI=1S/C39H52N12/c1-24-34(25(2)37(17-41-9-31-13-45-21-49-31)28(5)36(24)16-40-8-30-12-44-20-48-30)7-35-26(3)38(18-42-10-32-14-46-22-50-32)29(6)39(27(35)4)19-43-11-33-15-47-23-51-33/h12-15,20-23,40-43H,7-11,16-19H2,1-6H3,(H,44,48)(H,45,49)(H,46,50)(H,47,51). The van der Waals surface area contributed by atoms with Crippen LogP contribution in [0.3, 0.4) is 0 Å². The number of rotatable bonds is 18. The van der Waals surface area contributed by atoms with Crippen molar-refractivity contribution >= 4 is 0 Å². The maximum Gasteiger partial charge on any atom is 0.0922 e. The molecule has 0 aliphatic heterocycles. The zero-order valence-corrected chi connectivity index (χ0v) is 30.8. The molecule has 8 N–H and O–H groups in total. The Balaban J connectivity index is 1.35. The van der Waals surface area contributed by atoms with Gasteiger partial charge >= 0.3 is 0 Å². The summed E-state index contributed by atoms with van der Waals surface area (Å²) >= 11 is 0. The van der Waals surface area contributed by atoms with Crippen LogP contribution in [-0.2, 0) is 58.8 Å². The van der Waals surface area contributed by atoms with Crippen LogP contribution in [0.25, 0.3) is 0 Å². The number of imidazole rings is 4. The highest BCUT2D eigenvalue weighted by Gasteiger charge is 2.22. The van der Waals surface area contributed by atoms with Gasteiger partial charge in [-0.05, 0) is 115 Å². The van der Waals surface area contributed by atoms with Crippen LogP contribution in [0.1, 0.15) is 89.5 Å². The predicted molar refractivity (Wildman–Crippen MR) is 201 cm³/mol. The normalized spacial score (nSPS) is 11.6. The summed E-state index contributed by atoms with van der Waals surface area (Å²) in [5.74, 6) is 0. The molecule has 268 valence electrons. The number of nitrogens with zero attached hydrogens (tertiary/aromatic N) is 4. The number of aromatic amines is 4. The summed E-state index contributed by atoms with van der Waals surface area (Å²) in [5.41, 5.74) is 20.7. The molecule has 0 unspecified atom stereocenters. The minimum absolute atomic E-state index is 0.732. The SMILES string of the molecule is Cc1c(CNCc2cnc[nH]2)c(C)c(Cc2c(C)c(CNCc3cnc[nH]3)c(C)c(CNCc3cnc[nH]3)c2C)c(C)c1CNCc1cnc[nH]1. The Kier molecular flexibility index (Phi) is 11.9. The van der Waals surface area contributed by atoms with Gasteiger partial charge in [-0.25, -0.2) is 19.9 Å². The highest BCUT2D eigenvalue weighted by atomic mass is 15.0. The van der Waals surface area contributed by atoms with E-state index in [-0.39, 0.29) is 0 Å². The summed E-state index contributed by atoms with van der Waals surface area (Å²) in [7, 11) is 0. The number of hydrogen-bond donors (Lipinski definition) is 8. The minimum atomic E-state index is 0.732. The Bertz CT molecular complexity index is 1690. The fraction of sp³-hybridized carbons (Fsp3) is 0.385. The third-order valence-corrected chi connectivity index (χ3v) is 10.5. The summed E-state index contributed by atoms with van der Waals surface area (Å²) in [6.45, 7) is 19.8. The summed E-state index contributed by atoms with van der Waals surface area (Å²) in [6.07, 6.45) is 15.3. The average Bonchev–Trinajstić information content (AvgIpc) is 3.97. The van der Waals surface area contributed by atoms with Gasteiger partial charge in [-0.3, -0.25) is 0 Å². The molecule has 6 rings (SSSR count). The zero-order chi connectivity index (χ0) is 35.7. The van der Waals surface area contributed by atoms with E-state index in [4.69, 9.17) is 0 Å². The molecule has 12 nitrogen and oxygen atoms in total. The van der Waals surface area contributed by atoms with Crippen LogP contribution in [0.2, 0.25) is 0 Å². The second-order valence-electron chi connectivity index (χ2n) is 13.5. The first-order valence-electron chi connectivity index (χ1n) is 17.7. The summed E-state index contributed by atoms with van der Waals surface area (Å²) in [5, 5.41) is 14.7. The van der Waals surface area contributed by atoms with E-state index < -0.39 is 0 Å². The Morgan fingerprint density at radius 3 is 0.804 bits per heavy atom. The molecular formula is C39H52N12. The first-order valence-corrected chi connectivity index (χ1v) is 17.7. The fourth-order valence-corrected chi connectivity index (χ4v) is 7.36. The molecule has 12 heteroatoms. The average molecular weight is 689 g/mol. The van der Waals surface area contributed by atoms with Crippen LogP contribution in [0.15, 0.2) is 50.1 Å². The maximum absolute atomic E-state index is 4.20. The molecule has 0 fully saturated rings. The molecule has 0 amide bonds. The molecule has 0 saturated carbocycles. The van der Waals surface area contributed by atoms with E-state index in [0.717, 1.165) is 81.6 Å². The number of benzene rings is 2. The lowest BCUT2D eigenvalue weighted by Gasteiger charge is -2.27. The van der Waals surface area contributed by atoms with E-state index in [1.807, 2.05) is 24.8 Å². The van der Waals surface area contributed by atoms with Gasteiger partial charge in [-0.1, -0.05) is 0 Å². The van der Waals surface area contributed by atoms with Crippen molar-refractivity contribution in [3.8, 4) is 0 Å². The molecule has 6 aromatic rings. The number of aromatic nitrogens is 8. The van der Waals surface area contributed by atoms with E-state index in [0.29, 0.717) is 0 Å². The Labute approximate surface area is 300 Å². The molecule has 0 aliphatic carbocycles. The van der Waals surface area contributed by atoms with Crippen molar-refractivity contribution in [3.63, 3.8) is 0 Å². The lowest BCUT2D eigenvalue weighted by Crippen LogP contribution is -2.22. The van der Waals surface area contributed by atoms with E-state index >= 15 is 0 Å². The third kappa shape index (κ3) is 8.54. The molecule has 0 atom stereocenters. The number of hydrogen-bond acceptors (Lipinski definition) is 8. The van der Waals surface area contributed by atoms with Crippen molar-refractivity contribution in [3.05, 3.63) is 140 Å². The van der Waals surface area contributed by atoms with Gasteiger partial charge in [-0.15, -0.1) is 0 Å². The van der Waals surface area contributed by atoms with Crippen LogP contribution in [-0.4, -0.2) is 39.9 Å². The quantitative estimate of drug-likeness (QED) is 0.0613. The Hall–Kier alpha value is -4.88. The van der Waals surface area contributed by atoms with Crippen LogP contribution in [0.5, 0.6) is 0 Å². The smallest absolute Gasteiger partial charge is 0.0922 e. The molecule has 2 aromatic carbocycles. The van der Waals surface area contributed by atoms with Gasteiger partial charge in [0, 0.05) is 99.9 Å². The van der Waals surface area contributed by atoms with Gasteiger partial charge in [0.15, 0.2) is 0 Å². The van der Waals surface area contributed by atoms with Crippen molar-refractivity contribution in [2.45, 2.75) is 100 Å². The third-order valence-electron chi connectivity index (χ3n) is 10.5. The monoisotopic (exact) mass is 688 g/mol. The van der Waals surface area contributed by atoms with Crippen LogP contribution in [0, 0.1) is 41.5 Å². The van der Waals surface area contributed by atoms with Gasteiger partial charge in [0.05, 0.1) is 25.3 Å². The van der Waals surface area contributed by atoms with Crippen molar-refractivity contribution in [1.29, 1.82) is 0 Å². The zero-order valence-electron chi connectivity index (χ0n) is 30.8. The van der Waals surface area contributed by atoms with E-state index in [1.165, 1.54) is 66.8 Å². The number of H-pyrrole nitrogens is 4. The van der Waals surface area contributed by atoms with Crippen molar-refractivity contribution in [2.75, 3.05) is 0 Å². The molecular weight excluding hydrogens is 637 g/mol. The lowest BCUT2D eigenvalue weighted by molar-refractivity contribution is 0.658. The van der Waals surface area contributed by atoms with Crippen molar-refractivity contribution in [2.24, 2.45) is 0 Å².